The monoisotopic (exact) mass is 420 g/mol. The molecule has 0 aliphatic rings. The topological polar surface area (TPSA) is 85.9 Å². The number of carbonyl (C=O) groups is 2. The maximum absolute atomic E-state index is 12.4. The van der Waals surface area contributed by atoms with Gasteiger partial charge in [-0.1, -0.05) is 23.7 Å². The number of hydrogen-bond acceptors (Lipinski definition) is 5. The minimum atomic E-state index is -0.916. The molecule has 0 aliphatic heterocycles. The van der Waals surface area contributed by atoms with Gasteiger partial charge in [0.05, 0.1) is 31.4 Å². The predicted molar refractivity (Wildman–Crippen MR) is 111 cm³/mol. The first kappa shape index (κ1) is 22.5. The van der Waals surface area contributed by atoms with Gasteiger partial charge in [-0.05, 0) is 55.7 Å². The first-order valence-corrected chi connectivity index (χ1v) is 9.36. The molecule has 0 aromatic heterocycles. The van der Waals surface area contributed by atoms with Gasteiger partial charge in [0.2, 0.25) is 5.91 Å². The van der Waals surface area contributed by atoms with Crippen molar-refractivity contribution in [3.05, 3.63) is 52.0 Å². The van der Waals surface area contributed by atoms with Gasteiger partial charge in [0.25, 0.3) is 5.91 Å². The molecular weight excluding hydrogens is 396 g/mol. The first-order valence-electron chi connectivity index (χ1n) is 8.98. The number of methoxy groups -OCH3 is 2. The number of ether oxygens (including phenoxy) is 2. The van der Waals surface area contributed by atoms with Crippen molar-refractivity contribution in [1.29, 1.82) is 0 Å². The second-order valence-corrected chi connectivity index (χ2v) is 6.99. The summed E-state index contributed by atoms with van der Waals surface area (Å²) in [5.74, 6) is 0.270. The second kappa shape index (κ2) is 10.1. The molecule has 1 unspecified atom stereocenters. The summed E-state index contributed by atoms with van der Waals surface area (Å²) in [6.07, 6.45) is -0.862. The number of hydroxylamine groups is 1. The van der Waals surface area contributed by atoms with Crippen LogP contribution in [0.1, 0.15) is 23.6 Å². The van der Waals surface area contributed by atoms with Gasteiger partial charge in [0.15, 0.2) is 17.6 Å². The largest absolute Gasteiger partial charge is 0.493 e. The van der Waals surface area contributed by atoms with Crippen LogP contribution < -0.4 is 20.3 Å². The van der Waals surface area contributed by atoms with Crippen LogP contribution in [0.4, 0.5) is 5.69 Å². The quantitative estimate of drug-likeness (QED) is 0.637. The number of halogens is 1. The van der Waals surface area contributed by atoms with Crippen molar-refractivity contribution in [3.63, 3.8) is 0 Å². The maximum Gasteiger partial charge on any atom is 0.256 e. The highest BCUT2D eigenvalue weighted by Crippen LogP contribution is 2.28. The molecule has 2 aromatic carbocycles. The molecular formula is C21H25ClN2O5. The number of aryl methyl sites for hydroxylation is 2. The molecule has 1 atom stereocenters. The van der Waals surface area contributed by atoms with Crippen LogP contribution in [0.3, 0.4) is 0 Å². The Morgan fingerprint density at radius 1 is 1.07 bits per heavy atom. The van der Waals surface area contributed by atoms with E-state index in [1.54, 1.807) is 24.3 Å². The zero-order valence-electron chi connectivity index (χ0n) is 17.1. The van der Waals surface area contributed by atoms with Gasteiger partial charge in [0, 0.05) is 0 Å². The molecule has 2 rings (SSSR count). The normalized spacial score (nSPS) is 11.5. The van der Waals surface area contributed by atoms with E-state index in [-0.39, 0.29) is 6.42 Å². The van der Waals surface area contributed by atoms with Crippen LogP contribution in [0.5, 0.6) is 11.5 Å². The van der Waals surface area contributed by atoms with Crippen molar-refractivity contribution < 1.29 is 23.9 Å². The third-order valence-electron chi connectivity index (χ3n) is 4.21. The van der Waals surface area contributed by atoms with E-state index in [1.165, 1.54) is 21.1 Å². The first-order chi connectivity index (χ1) is 13.7. The number of anilines is 1. The zero-order valence-corrected chi connectivity index (χ0v) is 17.8. The number of benzene rings is 2. The lowest BCUT2D eigenvalue weighted by Gasteiger charge is -2.16. The van der Waals surface area contributed by atoms with Crippen LogP contribution in [0.2, 0.25) is 5.02 Å². The van der Waals surface area contributed by atoms with E-state index >= 15 is 0 Å². The van der Waals surface area contributed by atoms with E-state index in [1.807, 2.05) is 19.9 Å². The standard InChI is InChI=1S/C21H25ClN2O5/c1-12-8-13(2)20(16(22)9-12)23-21(26)14(3)29-24-19(25)11-15-6-7-17(27-4)18(10-15)28-5/h6-10,14H,11H2,1-5H3,(H,23,26)(H,24,25). The van der Waals surface area contributed by atoms with Crippen LogP contribution in [-0.4, -0.2) is 32.1 Å². The fourth-order valence-corrected chi connectivity index (χ4v) is 3.09. The molecule has 7 nitrogen and oxygen atoms in total. The zero-order chi connectivity index (χ0) is 21.6. The van der Waals surface area contributed by atoms with Gasteiger partial charge in [-0.15, -0.1) is 0 Å². The molecule has 2 amide bonds. The Balaban J connectivity index is 1.90. The summed E-state index contributed by atoms with van der Waals surface area (Å²) in [6.45, 7) is 5.30. The van der Waals surface area contributed by atoms with Gasteiger partial charge in [-0.3, -0.25) is 14.4 Å². The Kier molecular flexibility index (Phi) is 7.87. The van der Waals surface area contributed by atoms with Crippen molar-refractivity contribution in [2.45, 2.75) is 33.3 Å². The third kappa shape index (κ3) is 6.10. The van der Waals surface area contributed by atoms with Crippen LogP contribution >= 0.6 is 11.6 Å². The molecule has 29 heavy (non-hydrogen) atoms. The Hall–Kier alpha value is -2.77. The van der Waals surface area contributed by atoms with Crippen LogP contribution in [0.15, 0.2) is 30.3 Å². The van der Waals surface area contributed by atoms with Crippen molar-refractivity contribution in [2.75, 3.05) is 19.5 Å². The van der Waals surface area contributed by atoms with Gasteiger partial charge < -0.3 is 14.8 Å². The third-order valence-corrected chi connectivity index (χ3v) is 4.51. The lowest BCUT2D eigenvalue weighted by Crippen LogP contribution is -2.36. The Morgan fingerprint density at radius 3 is 2.38 bits per heavy atom. The van der Waals surface area contributed by atoms with Gasteiger partial charge in [-0.2, -0.15) is 0 Å². The van der Waals surface area contributed by atoms with Gasteiger partial charge in [-0.25, -0.2) is 5.48 Å². The number of carbonyl (C=O) groups excluding carboxylic acids is 2. The molecule has 0 fully saturated rings. The molecule has 0 spiro atoms. The average molecular weight is 421 g/mol. The minimum absolute atomic E-state index is 0.0532. The predicted octanol–water partition coefficient (Wildman–Crippen LogP) is 3.59. The highest BCUT2D eigenvalue weighted by Gasteiger charge is 2.18. The summed E-state index contributed by atoms with van der Waals surface area (Å²) in [5, 5.41) is 3.17. The number of rotatable bonds is 8. The molecule has 0 saturated heterocycles. The summed E-state index contributed by atoms with van der Waals surface area (Å²) in [5.41, 5.74) is 5.37. The molecule has 2 N–H and O–H groups in total. The molecule has 0 radical (unpaired) electrons. The SMILES string of the molecule is COc1ccc(CC(=O)NOC(C)C(=O)Nc2c(C)cc(C)cc2Cl)cc1OC. The van der Waals surface area contributed by atoms with Crippen molar-refractivity contribution in [2.24, 2.45) is 0 Å². The molecule has 0 bridgehead atoms. The number of amides is 2. The molecule has 2 aromatic rings. The van der Waals surface area contributed by atoms with E-state index < -0.39 is 17.9 Å². The lowest BCUT2D eigenvalue weighted by atomic mass is 10.1. The summed E-state index contributed by atoms with van der Waals surface area (Å²) in [6, 6.07) is 8.85. The van der Waals surface area contributed by atoms with Crippen molar-refractivity contribution in [3.8, 4) is 11.5 Å². The van der Waals surface area contributed by atoms with E-state index in [0.29, 0.717) is 27.8 Å². The summed E-state index contributed by atoms with van der Waals surface area (Å²) >= 11 is 6.20. The average Bonchev–Trinajstić information content (AvgIpc) is 2.68. The van der Waals surface area contributed by atoms with Crippen LogP contribution in [-0.2, 0) is 20.8 Å². The van der Waals surface area contributed by atoms with Gasteiger partial charge in [0.1, 0.15) is 0 Å². The van der Waals surface area contributed by atoms with Crippen LogP contribution in [0, 0.1) is 13.8 Å². The van der Waals surface area contributed by atoms with Crippen molar-refractivity contribution in [1.82, 2.24) is 5.48 Å². The Labute approximate surface area is 175 Å². The summed E-state index contributed by atoms with van der Waals surface area (Å²) in [4.78, 5) is 29.7. The second-order valence-electron chi connectivity index (χ2n) is 6.58. The number of nitrogens with one attached hydrogen (secondary N) is 2. The van der Waals surface area contributed by atoms with E-state index in [9.17, 15) is 9.59 Å². The Morgan fingerprint density at radius 2 is 1.76 bits per heavy atom. The molecule has 8 heteroatoms. The highest BCUT2D eigenvalue weighted by molar-refractivity contribution is 6.34. The molecule has 0 saturated carbocycles. The van der Waals surface area contributed by atoms with E-state index in [2.05, 4.69) is 10.8 Å². The Bertz CT molecular complexity index is 878. The highest BCUT2D eigenvalue weighted by atomic mass is 35.5. The summed E-state index contributed by atoms with van der Waals surface area (Å²) < 4.78 is 10.4. The lowest BCUT2D eigenvalue weighted by molar-refractivity contribution is -0.143. The van der Waals surface area contributed by atoms with E-state index in [0.717, 1.165) is 11.1 Å². The molecule has 0 aliphatic carbocycles. The van der Waals surface area contributed by atoms with Gasteiger partial charge >= 0.3 is 0 Å². The molecule has 156 valence electrons. The molecule has 0 heterocycles. The maximum atomic E-state index is 12.4. The van der Waals surface area contributed by atoms with Crippen molar-refractivity contribution >= 4 is 29.1 Å². The summed E-state index contributed by atoms with van der Waals surface area (Å²) in [7, 11) is 3.06. The fourth-order valence-electron chi connectivity index (χ4n) is 2.72. The smallest absolute Gasteiger partial charge is 0.256 e. The fraction of sp³-hybridized carbons (Fsp3) is 0.333. The van der Waals surface area contributed by atoms with Crippen LogP contribution in [0.25, 0.3) is 0 Å². The minimum Gasteiger partial charge on any atom is -0.493 e. The van der Waals surface area contributed by atoms with E-state index in [4.69, 9.17) is 25.9 Å². The number of hydrogen-bond donors (Lipinski definition) is 2.